The fraction of sp³-hybridized carbons (Fsp3) is 0.0714. The second-order valence-corrected chi connectivity index (χ2v) is 5.79. The third-order valence-electron chi connectivity index (χ3n) is 3.20. The summed E-state index contributed by atoms with van der Waals surface area (Å²) >= 11 is 11.7. The predicted molar refractivity (Wildman–Crippen MR) is 91.0 cm³/mol. The number of amides is 1. The van der Waals surface area contributed by atoms with Crippen molar-refractivity contribution in [3.8, 4) is 0 Å². The number of nitrogens with one attached hydrogen (secondary N) is 2. The minimum Gasteiger partial charge on any atom is -0.358 e. The molecule has 0 unspecified atom stereocenters. The van der Waals surface area contributed by atoms with Gasteiger partial charge in [0.2, 0.25) is 0 Å². The number of rotatable bonds is 5. The van der Waals surface area contributed by atoms with Crippen LogP contribution in [0.25, 0.3) is 0 Å². The highest BCUT2D eigenvalue weighted by Crippen LogP contribution is 2.25. The molecule has 2 N–H and O–H groups in total. The lowest BCUT2D eigenvalue weighted by atomic mass is 10.2. The highest BCUT2D eigenvalue weighted by Gasteiger charge is 2.25. The number of carbonyl (C=O) groups excluding carboxylic acids is 1. The molecule has 0 aliphatic heterocycles. The molecule has 0 saturated heterocycles. The van der Waals surface area contributed by atoms with Crippen molar-refractivity contribution in [3.05, 3.63) is 67.9 Å². The summed E-state index contributed by atoms with van der Waals surface area (Å²) in [4.78, 5) is 22.1. The van der Waals surface area contributed by atoms with E-state index in [1.165, 1.54) is 0 Å². The summed E-state index contributed by atoms with van der Waals surface area (Å²) in [7, 11) is 0. The molecule has 0 aliphatic rings. The van der Waals surface area contributed by atoms with E-state index in [4.69, 9.17) is 23.2 Å². The maximum absolute atomic E-state index is 12.1. The van der Waals surface area contributed by atoms with Gasteiger partial charge in [-0.2, -0.15) is 5.10 Å². The number of aromatic nitrogens is 4. The van der Waals surface area contributed by atoms with Gasteiger partial charge in [-0.1, -0.05) is 40.4 Å². The molecule has 128 valence electrons. The molecular weight excluding hydrogens is 371 g/mol. The summed E-state index contributed by atoms with van der Waals surface area (Å²) in [5.41, 5.74) is 0.664. The molecule has 3 aromatic rings. The molecule has 3 rings (SSSR count). The van der Waals surface area contributed by atoms with E-state index in [0.717, 1.165) is 5.56 Å². The van der Waals surface area contributed by atoms with Crippen LogP contribution in [0.5, 0.6) is 0 Å². The smallest absolute Gasteiger partial charge is 0.358 e. The first-order chi connectivity index (χ1) is 11.9. The Bertz CT molecular complexity index is 952. The molecule has 0 radical (unpaired) electrons. The van der Waals surface area contributed by atoms with Gasteiger partial charge >= 0.3 is 5.82 Å². The Hall–Kier alpha value is -2.91. The third kappa shape index (κ3) is 3.78. The number of halogens is 2. The van der Waals surface area contributed by atoms with Crippen LogP contribution in [-0.4, -0.2) is 30.8 Å². The molecule has 2 heterocycles. The average Bonchev–Trinajstić information content (AvgIpc) is 3.14. The fourth-order valence-corrected chi connectivity index (χ4v) is 2.56. The van der Waals surface area contributed by atoms with Gasteiger partial charge in [0.05, 0.1) is 6.54 Å². The third-order valence-corrected chi connectivity index (χ3v) is 3.80. The van der Waals surface area contributed by atoms with Crippen molar-refractivity contribution in [2.75, 3.05) is 5.32 Å². The Balaban J connectivity index is 1.71. The number of aromatic amines is 1. The summed E-state index contributed by atoms with van der Waals surface area (Å²) < 4.78 is 1.61. The van der Waals surface area contributed by atoms with Gasteiger partial charge in [0.1, 0.15) is 0 Å². The number of H-pyrrole nitrogens is 1. The molecule has 1 aromatic carbocycles. The predicted octanol–water partition coefficient (Wildman–Crippen LogP) is 3.12. The SMILES string of the molecule is O=C(Nc1ccn(Cc2cccc(Cl)c2)n1)c1n[nH]c([N+](=O)[O-])c1Cl. The van der Waals surface area contributed by atoms with Crippen LogP contribution >= 0.6 is 23.2 Å². The van der Waals surface area contributed by atoms with Crippen LogP contribution in [-0.2, 0) is 6.54 Å². The normalized spacial score (nSPS) is 10.6. The maximum atomic E-state index is 12.1. The zero-order chi connectivity index (χ0) is 18.0. The van der Waals surface area contributed by atoms with Gasteiger partial charge in [0.15, 0.2) is 16.5 Å². The van der Waals surface area contributed by atoms with Crippen molar-refractivity contribution in [2.45, 2.75) is 6.54 Å². The standard InChI is InChI=1S/C14H10Cl2N6O3/c15-9-3-1-2-8(6-9)7-21-5-4-10(20-21)17-14(23)12-11(16)13(19-18-12)22(24)25/h1-6H,7H2,(H,18,19)(H,17,20,23). The van der Waals surface area contributed by atoms with E-state index in [0.29, 0.717) is 11.6 Å². The molecule has 1 amide bonds. The Morgan fingerprint density at radius 3 is 2.84 bits per heavy atom. The topological polar surface area (TPSA) is 119 Å². The van der Waals surface area contributed by atoms with Crippen LogP contribution in [0.1, 0.15) is 16.1 Å². The molecular formula is C14H10Cl2N6O3. The van der Waals surface area contributed by atoms with Crippen LogP contribution < -0.4 is 5.32 Å². The number of carbonyl (C=O) groups is 1. The quantitative estimate of drug-likeness (QED) is 0.520. The van der Waals surface area contributed by atoms with E-state index in [2.05, 4.69) is 20.6 Å². The van der Waals surface area contributed by atoms with Gasteiger partial charge in [-0.25, -0.2) is 0 Å². The molecule has 0 aliphatic carbocycles. The van der Waals surface area contributed by atoms with Gasteiger partial charge in [0.25, 0.3) is 5.91 Å². The Kier molecular flexibility index (Phi) is 4.68. The number of nitrogens with zero attached hydrogens (tertiary/aromatic N) is 4. The van der Waals surface area contributed by atoms with E-state index in [9.17, 15) is 14.9 Å². The minimum absolute atomic E-state index is 0.258. The van der Waals surface area contributed by atoms with E-state index < -0.39 is 16.6 Å². The van der Waals surface area contributed by atoms with Gasteiger partial charge in [0, 0.05) is 17.3 Å². The largest absolute Gasteiger partial charge is 0.362 e. The first kappa shape index (κ1) is 16.9. The van der Waals surface area contributed by atoms with E-state index >= 15 is 0 Å². The van der Waals surface area contributed by atoms with Gasteiger partial charge < -0.3 is 15.4 Å². The van der Waals surface area contributed by atoms with Crippen molar-refractivity contribution < 1.29 is 9.72 Å². The van der Waals surface area contributed by atoms with Crippen molar-refractivity contribution in [3.63, 3.8) is 0 Å². The first-order valence-corrected chi connectivity index (χ1v) is 7.67. The fourth-order valence-electron chi connectivity index (χ4n) is 2.10. The van der Waals surface area contributed by atoms with Gasteiger partial charge in [-0.15, -0.1) is 5.10 Å². The molecule has 11 heteroatoms. The lowest BCUT2D eigenvalue weighted by molar-refractivity contribution is -0.389. The molecule has 0 spiro atoms. The molecule has 0 saturated carbocycles. The van der Waals surface area contributed by atoms with E-state index in [-0.39, 0.29) is 16.5 Å². The summed E-state index contributed by atoms with van der Waals surface area (Å²) in [5, 5.41) is 23.3. The monoisotopic (exact) mass is 380 g/mol. The number of hydrogen-bond acceptors (Lipinski definition) is 5. The lowest BCUT2D eigenvalue weighted by Crippen LogP contribution is -2.14. The van der Waals surface area contributed by atoms with Gasteiger partial charge in [-0.3, -0.25) is 9.48 Å². The number of anilines is 1. The molecule has 0 atom stereocenters. The molecule has 9 nitrogen and oxygen atoms in total. The summed E-state index contributed by atoms with van der Waals surface area (Å²) in [5.74, 6) is -0.991. The zero-order valence-electron chi connectivity index (χ0n) is 12.4. The zero-order valence-corrected chi connectivity index (χ0v) is 14.0. The highest BCUT2D eigenvalue weighted by atomic mass is 35.5. The number of benzene rings is 1. The molecule has 25 heavy (non-hydrogen) atoms. The number of nitro groups is 1. The first-order valence-electron chi connectivity index (χ1n) is 6.91. The number of hydrogen-bond donors (Lipinski definition) is 2. The molecule has 2 aromatic heterocycles. The summed E-state index contributed by atoms with van der Waals surface area (Å²) in [6, 6.07) is 8.89. The van der Waals surface area contributed by atoms with Crippen molar-refractivity contribution >= 4 is 40.7 Å². The Morgan fingerprint density at radius 2 is 2.16 bits per heavy atom. The lowest BCUT2D eigenvalue weighted by Gasteiger charge is -2.02. The van der Waals surface area contributed by atoms with E-state index in [1.54, 1.807) is 23.0 Å². The van der Waals surface area contributed by atoms with Crippen molar-refractivity contribution in [1.82, 2.24) is 20.0 Å². The molecule has 0 bridgehead atoms. The average molecular weight is 381 g/mol. The second kappa shape index (κ2) is 6.91. The molecule has 0 fully saturated rings. The van der Waals surface area contributed by atoms with Crippen molar-refractivity contribution in [1.29, 1.82) is 0 Å². The maximum Gasteiger partial charge on any atom is 0.362 e. The minimum atomic E-state index is -0.758. The Labute approximate surface area is 150 Å². The van der Waals surface area contributed by atoms with Crippen molar-refractivity contribution in [2.24, 2.45) is 0 Å². The van der Waals surface area contributed by atoms with Crippen LogP contribution in [0.3, 0.4) is 0 Å². The highest BCUT2D eigenvalue weighted by molar-refractivity contribution is 6.35. The van der Waals surface area contributed by atoms with Crippen LogP contribution in [0.4, 0.5) is 11.6 Å². The Morgan fingerprint density at radius 1 is 1.36 bits per heavy atom. The summed E-state index contributed by atoms with van der Waals surface area (Å²) in [6.07, 6.45) is 1.67. The van der Waals surface area contributed by atoms with Gasteiger partial charge in [-0.05, 0) is 22.6 Å². The van der Waals surface area contributed by atoms with Crippen LogP contribution in [0.2, 0.25) is 10.0 Å². The second-order valence-electron chi connectivity index (χ2n) is 4.97. The van der Waals surface area contributed by atoms with E-state index in [1.807, 2.05) is 18.2 Å². The summed E-state index contributed by atoms with van der Waals surface area (Å²) in [6.45, 7) is 0.463. The van der Waals surface area contributed by atoms with Crippen LogP contribution in [0, 0.1) is 10.1 Å². The van der Waals surface area contributed by atoms with Crippen LogP contribution in [0.15, 0.2) is 36.5 Å².